The number of benzene rings is 2. The third kappa shape index (κ3) is 4.21. The summed E-state index contributed by atoms with van der Waals surface area (Å²) in [6.07, 6.45) is 1.74. The van der Waals surface area contributed by atoms with Crippen LogP contribution in [0.25, 0.3) is 5.57 Å². The average Bonchev–Trinajstić information content (AvgIpc) is 2.68. The smallest absolute Gasteiger partial charge is 0.246 e. The summed E-state index contributed by atoms with van der Waals surface area (Å²) in [7, 11) is 1.65. The zero-order valence-corrected chi connectivity index (χ0v) is 14.8. The number of carbonyl (C=O) groups is 1. The Bertz CT molecular complexity index is 730. The number of rotatable bonds is 4. The third-order valence-electron chi connectivity index (χ3n) is 4.60. The lowest BCUT2D eigenvalue weighted by atomic mass is 10.1. The van der Waals surface area contributed by atoms with Gasteiger partial charge in [-0.3, -0.25) is 4.79 Å². The third-order valence-corrected chi connectivity index (χ3v) is 4.60. The van der Waals surface area contributed by atoms with Crippen LogP contribution in [-0.4, -0.2) is 44.1 Å². The van der Waals surface area contributed by atoms with Crippen molar-refractivity contribution in [2.24, 2.45) is 0 Å². The molecule has 0 aromatic heterocycles. The number of methoxy groups -OCH3 is 1. The van der Waals surface area contributed by atoms with E-state index in [1.54, 1.807) is 13.2 Å². The summed E-state index contributed by atoms with van der Waals surface area (Å²) in [4.78, 5) is 16.8. The molecule has 1 amide bonds. The number of para-hydroxylation sites is 1. The number of hydrogen-bond acceptors (Lipinski definition) is 3. The molecule has 0 unspecified atom stereocenters. The lowest BCUT2D eigenvalue weighted by molar-refractivity contribution is -0.126. The van der Waals surface area contributed by atoms with Crippen molar-refractivity contribution < 1.29 is 9.53 Å². The van der Waals surface area contributed by atoms with Gasteiger partial charge < -0.3 is 14.5 Å². The maximum Gasteiger partial charge on any atom is 0.246 e. The largest absolute Gasteiger partial charge is 0.497 e. The number of amides is 1. The van der Waals surface area contributed by atoms with Gasteiger partial charge in [0.2, 0.25) is 5.91 Å². The number of carbonyl (C=O) groups excluding carboxylic acids is 1. The molecular weight excluding hydrogens is 312 g/mol. The Morgan fingerprint density at radius 3 is 2.20 bits per heavy atom. The Morgan fingerprint density at radius 2 is 1.60 bits per heavy atom. The Labute approximate surface area is 149 Å². The molecule has 1 aliphatic heterocycles. The van der Waals surface area contributed by atoms with Crippen LogP contribution in [0.4, 0.5) is 5.69 Å². The molecule has 0 atom stereocenters. The summed E-state index contributed by atoms with van der Waals surface area (Å²) in [5, 5.41) is 0. The number of allylic oxidation sites excluding steroid dienone is 1. The van der Waals surface area contributed by atoms with Gasteiger partial charge in [-0.25, -0.2) is 0 Å². The molecule has 1 saturated heterocycles. The van der Waals surface area contributed by atoms with E-state index in [2.05, 4.69) is 17.0 Å². The maximum atomic E-state index is 12.6. The molecule has 0 aliphatic carbocycles. The Balaban J connectivity index is 1.60. The normalized spacial score (nSPS) is 15.2. The first kappa shape index (κ1) is 17.1. The summed E-state index contributed by atoms with van der Waals surface area (Å²) < 4.78 is 5.17. The maximum absolute atomic E-state index is 12.6. The van der Waals surface area contributed by atoms with Crippen LogP contribution in [0.1, 0.15) is 12.5 Å². The SMILES string of the molecule is COc1ccc(/C(C)=C\C(=O)N2CCN(c3ccccc3)CC2)cc1. The topological polar surface area (TPSA) is 32.8 Å². The van der Waals surface area contributed by atoms with Gasteiger partial charge >= 0.3 is 0 Å². The lowest BCUT2D eigenvalue weighted by Gasteiger charge is -2.35. The zero-order valence-electron chi connectivity index (χ0n) is 14.8. The number of anilines is 1. The van der Waals surface area contributed by atoms with Crippen molar-refractivity contribution in [2.45, 2.75) is 6.92 Å². The standard InChI is InChI=1S/C21H24N2O2/c1-17(18-8-10-20(25-2)11-9-18)16-21(24)23-14-12-22(13-15-23)19-6-4-3-5-7-19/h3-11,16H,12-15H2,1-2H3/b17-16-. The van der Waals surface area contributed by atoms with Gasteiger partial charge in [-0.15, -0.1) is 0 Å². The Kier molecular flexibility index (Phi) is 5.39. The van der Waals surface area contributed by atoms with Gasteiger partial charge in [0.1, 0.15) is 5.75 Å². The van der Waals surface area contributed by atoms with E-state index < -0.39 is 0 Å². The molecule has 0 N–H and O–H groups in total. The van der Waals surface area contributed by atoms with Gasteiger partial charge in [-0.05, 0) is 42.3 Å². The van der Waals surface area contributed by atoms with Crippen LogP contribution in [0.3, 0.4) is 0 Å². The molecular formula is C21H24N2O2. The molecule has 1 heterocycles. The van der Waals surface area contributed by atoms with Crippen molar-refractivity contribution in [3.8, 4) is 5.75 Å². The van der Waals surface area contributed by atoms with E-state index in [4.69, 9.17) is 4.74 Å². The van der Waals surface area contributed by atoms with Crippen molar-refractivity contribution in [1.29, 1.82) is 0 Å². The van der Waals surface area contributed by atoms with Crippen molar-refractivity contribution in [3.63, 3.8) is 0 Å². The fourth-order valence-corrected chi connectivity index (χ4v) is 3.04. The van der Waals surface area contributed by atoms with Crippen LogP contribution in [0, 0.1) is 0 Å². The number of piperazine rings is 1. The second kappa shape index (κ2) is 7.88. The van der Waals surface area contributed by atoms with Gasteiger partial charge in [0.05, 0.1) is 7.11 Å². The molecule has 1 fully saturated rings. The highest BCUT2D eigenvalue weighted by atomic mass is 16.5. The second-order valence-electron chi connectivity index (χ2n) is 6.20. The Hall–Kier alpha value is -2.75. The van der Waals surface area contributed by atoms with Crippen LogP contribution in [0.5, 0.6) is 5.75 Å². The van der Waals surface area contributed by atoms with Gasteiger partial charge in [-0.1, -0.05) is 30.3 Å². The summed E-state index contributed by atoms with van der Waals surface area (Å²) in [5.74, 6) is 0.904. The van der Waals surface area contributed by atoms with Gasteiger partial charge in [0.15, 0.2) is 0 Å². The molecule has 3 rings (SSSR count). The molecule has 1 aliphatic rings. The van der Waals surface area contributed by atoms with Gasteiger partial charge in [0, 0.05) is 37.9 Å². The van der Waals surface area contributed by atoms with E-state index in [1.807, 2.05) is 54.3 Å². The lowest BCUT2D eigenvalue weighted by Crippen LogP contribution is -2.48. The average molecular weight is 336 g/mol. The summed E-state index contributed by atoms with van der Waals surface area (Å²) in [6.45, 7) is 5.20. The number of hydrogen-bond donors (Lipinski definition) is 0. The molecule has 4 heteroatoms. The van der Waals surface area contributed by atoms with Crippen molar-refractivity contribution in [3.05, 3.63) is 66.2 Å². The molecule has 0 bridgehead atoms. The monoisotopic (exact) mass is 336 g/mol. The van der Waals surface area contributed by atoms with Gasteiger partial charge in [0.25, 0.3) is 0 Å². The van der Waals surface area contributed by atoms with E-state index in [-0.39, 0.29) is 5.91 Å². The first-order valence-electron chi connectivity index (χ1n) is 8.59. The molecule has 2 aromatic rings. The summed E-state index contributed by atoms with van der Waals surface area (Å²) >= 11 is 0. The van der Waals surface area contributed by atoms with E-state index >= 15 is 0 Å². The van der Waals surface area contributed by atoms with Crippen LogP contribution < -0.4 is 9.64 Å². The van der Waals surface area contributed by atoms with Crippen LogP contribution >= 0.6 is 0 Å². The highest BCUT2D eigenvalue weighted by Crippen LogP contribution is 2.19. The quantitative estimate of drug-likeness (QED) is 0.802. The van der Waals surface area contributed by atoms with Crippen molar-refractivity contribution in [2.75, 3.05) is 38.2 Å². The van der Waals surface area contributed by atoms with Crippen molar-refractivity contribution >= 4 is 17.2 Å². The summed E-state index contributed by atoms with van der Waals surface area (Å²) in [6, 6.07) is 18.1. The number of ether oxygens (including phenoxy) is 1. The molecule has 0 spiro atoms. The van der Waals surface area contributed by atoms with Crippen LogP contribution in [0.15, 0.2) is 60.7 Å². The molecule has 0 saturated carbocycles. The highest BCUT2D eigenvalue weighted by molar-refractivity contribution is 5.95. The van der Waals surface area contributed by atoms with Crippen molar-refractivity contribution in [1.82, 2.24) is 4.90 Å². The van der Waals surface area contributed by atoms with Gasteiger partial charge in [-0.2, -0.15) is 0 Å². The second-order valence-corrected chi connectivity index (χ2v) is 6.20. The first-order valence-corrected chi connectivity index (χ1v) is 8.59. The molecule has 130 valence electrons. The fourth-order valence-electron chi connectivity index (χ4n) is 3.04. The first-order chi connectivity index (χ1) is 12.2. The fraction of sp³-hybridized carbons (Fsp3) is 0.286. The van der Waals surface area contributed by atoms with E-state index in [1.165, 1.54) is 5.69 Å². The van der Waals surface area contributed by atoms with E-state index in [0.29, 0.717) is 0 Å². The number of nitrogens with zero attached hydrogens (tertiary/aromatic N) is 2. The predicted octanol–water partition coefficient (Wildman–Crippen LogP) is 3.45. The van der Waals surface area contributed by atoms with Crippen LogP contribution in [0.2, 0.25) is 0 Å². The zero-order chi connectivity index (χ0) is 17.6. The minimum Gasteiger partial charge on any atom is -0.497 e. The molecule has 25 heavy (non-hydrogen) atoms. The molecule has 2 aromatic carbocycles. The minimum absolute atomic E-state index is 0.0843. The molecule has 0 radical (unpaired) electrons. The minimum atomic E-state index is 0.0843. The van der Waals surface area contributed by atoms with E-state index in [0.717, 1.165) is 43.1 Å². The Morgan fingerprint density at radius 1 is 0.960 bits per heavy atom. The predicted molar refractivity (Wildman–Crippen MR) is 102 cm³/mol. The van der Waals surface area contributed by atoms with E-state index in [9.17, 15) is 4.79 Å². The summed E-state index contributed by atoms with van der Waals surface area (Å²) in [5.41, 5.74) is 3.23. The highest BCUT2D eigenvalue weighted by Gasteiger charge is 2.20. The molecule has 4 nitrogen and oxygen atoms in total. The van der Waals surface area contributed by atoms with Crippen LogP contribution in [-0.2, 0) is 4.79 Å².